The molecule has 0 bridgehead atoms. The molecule has 1 N–H and O–H groups in total. The van der Waals surface area contributed by atoms with Crippen molar-refractivity contribution in [3.05, 3.63) is 57.5 Å². The van der Waals surface area contributed by atoms with Crippen molar-refractivity contribution < 1.29 is 4.74 Å². The lowest BCUT2D eigenvalue weighted by Crippen LogP contribution is -2.23. The van der Waals surface area contributed by atoms with Crippen LogP contribution in [0.25, 0.3) is 0 Å². The van der Waals surface area contributed by atoms with Crippen molar-refractivity contribution in [2.75, 3.05) is 11.9 Å². The van der Waals surface area contributed by atoms with Crippen LogP contribution in [0.15, 0.2) is 46.9 Å². The lowest BCUT2D eigenvalue weighted by molar-refractivity contribution is 0.210. The lowest BCUT2D eigenvalue weighted by Gasteiger charge is -2.27. The zero-order chi connectivity index (χ0) is 12.5. The highest BCUT2D eigenvalue weighted by atomic mass is 79.9. The van der Waals surface area contributed by atoms with Crippen molar-refractivity contribution in [1.29, 1.82) is 0 Å². The summed E-state index contributed by atoms with van der Waals surface area (Å²) in [5.41, 5.74) is 2.10. The number of ether oxygens (including phenoxy) is 1. The second kappa shape index (κ2) is 4.82. The summed E-state index contributed by atoms with van der Waals surface area (Å²) >= 11 is 9.45. The first-order valence-electron chi connectivity index (χ1n) is 5.68. The van der Waals surface area contributed by atoms with E-state index >= 15 is 0 Å². The number of fused-ring (bicyclic) bond motifs is 1. The summed E-state index contributed by atoms with van der Waals surface area (Å²) in [6.07, 6.45) is -0.00243. The highest BCUT2D eigenvalue weighted by Gasteiger charge is 2.20. The van der Waals surface area contributed by atoms with E-state index in [1.807, 2.05) is 42.5 Å². The Hall–Kier alpha value is -1.19. The van der Waals surface area contributed by atoms with Crippen LogP contribution in [-0.4, -0.2) is 6.54 Å². The zero-order valence-electron chi connectivity index (χ0n) is 9.49. The molecule has 0 aliphatic carbocycles. The maximum atomic E-state index is 6.00. The Morgan fingerprint density at radius 2 is 2.11 bits per heavy atom. The minimum atomic E-state index is -0.00243. The van der Waals surface area contributed by atoms with E-state index in [0.29, 0.717) is 0 Å². The highest BCUT2D eigenvalue weighted by molar-refractivity contribution is 9.10. The van der Waals surface area contributed by atoms with E-state index < -0.39 is 0 Å². The van der Waals surface area contributed by atoms with Crippen LogP contribution < -0.4 is 10.1 Å². The van der Waals surface area contributed by atoms with Gasteiger partial charge in [0.05, 0.1) is 12.2 Å². The minimum Gasteiger partial charge on any atom is -0.482 e. The van der Waals surface area contributed by atoms with Crippen LogP contribution in [0.2, 0.25) is 5.02 Å². The summed E-state index contributed by atoms with van der Waals surface area (Å²) in [6, 6.07) is 13.7. The molecule has 0 radical (unpaired) electrons. The van der Waals surface area contributed by atoms with Gasteiger partial charge in [0.15, 0.2) is 0 Å². The van der Waals surface area contributed by atoms with E-state index in [1.54, 1.807) is 0 Å². The van der Waals surface area contributed by atoms with E-state index in [0.717, 1.165) is 33.0 Å². The maximum Gasteiger partial charge on any atom is 0.143 e. The van der Waals surface area contributed by atoms with Gasteiger partial charge in [-0.05, 0) is 35.9 Å². The Morgan fingerprint density at radius 1 is 1.22 bits per heavy atom. The molecule has 92 valence electrons. The molecule has 1 atom stereocenters. The molecule has 0 spiro atoms. The predicted molar refractivity (Wildman–Crippen MR) is 77.5 cm³/mol. The summed E-state index contributed by atoms with van der Waals surface area (Å²) in [7, 11) is 0. The molecule has 1 aliphatic heterocycles. The van der Waals surface area contributed by atoms with Gasteiger partial charge in [0.2, 0.25) is 0 Å². The first-order valence-corrected chi connectivity index (χ1v) is 6.85. The largest absolute Gasteiger partial charge is 0.482 e. The number of hydrogen-bond acceptors (Lipinski definition) is 2. The maximum absolute atomic E-state index is 6.00. The third kappa shape index (κ3) is 2.33. The number of nitrogens with one attached hydrogen (secondary N) is 1. The average molecular weight is 325 g/mol. The molecule has 1 unspecified atom stereocenters. The van der Waals surface area contributed by atoms with Crippen LogP contribution in [0.1, 0.15) is 11.7 Å². The summed E-state index contributed by atoms with van der Waals surface area (Å²) in [5, 5.41) is 4.11. The summed E-state index contributed by atoms with van der Waals surface area (Å²) in [5.74, 6) is 0.870. The predicted octanol–water partition coefficient (Wildman–Crippen LogP) is 4.65. The Labute approximate surface area is 119 Å². The number of hydrogen-bond donors (Lipinski definition) is 1. The molecular weight excluding hydrogens is 314 g/mol. The summed E-state index contributed by atoms with van der Waals surface area (Å²) in [4.78, 5) is 0. The van der Waals surface area contributed by atoms with Crippen LogP contribution in [-0.2, 0) is 0 Å². The molecule has 2 aromatic carbocycles. The third-order valence-corrected chi connectivity index (χ3v) is 3.64. The average Bonchev–Trinajstić information content (AvgIpc) is 2.38. The molecule has 1 heterocycles. The van der Waals surface area contributed by atoms with Crippen molar-refractivity contribution in [1.82, 2.24) is 0 Å². The first kappa shape index (κ1) is 11.9. The van der Waals surface area contributed by atoms with Crippen LogP contribution in [0.3, 0.4) is 0 Å². The summed E-state index contributed by atoms with van der Waals surface area (Å²) in [6.45, 7) is 0.740. The van der Waals surface area contributed by atoms with Crippen LogP contribution in [0, 0.1) is 0 Å². The monoisotopic (exact) mass is 323 g/mol. The smallest absolute Gasteiger partial charge is 0.143 e. The Morgan fingerprint density at radius 3 is 2.94 bits per heavy atom. The van der Waals surface area contributed by atoms with Crippen molar-refractivity contribution in [3.63, 3.8) is 0 Å². The second-order valence-corrected chi connectivity index (χ2v) is 5.53. The van der Waals surface area contributed by atoms with Gasteiger partial charge in [0.1, 0.15) is 11.9 Å². The molecule has 0 aromatic heterocycles. The molecule has 0 amide bonds. The zero-order valence-corrected chi connectivity index (χ0v) is 11.8. The SMILES string of the molecule is Clc1cccc(C2CNc3cc(Br)ccc3O2)c1. The Kier molecular flexibility index (Phi) is 3.18. The van der Waals surface area contributed by atoms with Gasteiger partial charge in [-0.2, -0.15) is 0 Å². The molecule has 0 saturated carbocycles. The van der Waals surface area contributed by atoms with E-state index in [1.165, 1.54) is 0 Å². The van der Waals surface area contributed by atoms with Gasteiger partial charge in [-0.25, -0.2) is 0 Å². The molecule has 4 heteroatoms. The van der Waals surface area contributed by atoms with E-state index in [2.05, 4.69) is 21.2 Å². The van der Waals surface area contributed by atoms with E-state index in [-0.39, 0.29) is 6.10 Å². The Balaban J connectivity index is 1.89. The van der Waals surface area contributed by atoms with Gasteiger partial charge in [-0.3, -0.25) is 0 Å². The highest BCUT2D eigenvalue weighted by Crippen LogP contribution is 2.36. The standard InChI is InChI=1S/C14H11BrClNO/c15-10-4-5-13-12(7-10)17-8-14(18-13)9-2-1-3-11(16)6-9/h1-7,14,17H,8H2. The summed E-state index contributed by atoms with van der Waals surface area (Å²) < 4.78 is 7.03. The van der Waals surface area contributed by atoms with E-state index in [4.69, 9.17) is 16.3 Å². The van der Waals surface area contributed by atoms with Gasteiger partial charge in [0, 0.05) is 9.50 Å². The third-order valence-electron chi connectivity index (χ3n) is 2.91. The fourth-order valence-corrected chi connectivity index (χ4v) is 2.59. The quantitative estimate of drug-likeness (QED) is 0.824. The molecule has 2 aromatic rings. The fraction of sp³-hybridized carbons (Fsp3) is 0.143. The van der Waals surface area contributed by atoms with Crippen LogP contribution in [0.5, 0.6) is 5.75 Å². The van der Waals surface area contributed by atoms with Gasteiger partial charge < -0.3 is 10.1 Å². The molecule has 1 aliphatic rings. The molecule has 0 saturated heterocycles. The molecule has 0 fully saturated rings. The van der Waals surface area contributed by atoms with Gasteiger partial charge in [-0.15, -0.1) is 0 Å². The van der Waals surface area contributed by atoms with Gasteiger partial charge >= 0.3 is 0 Å². The van der Waals surface area contributed by atoms with Crippen molar-refractivity contribution in [3.8, 4) is 5.75 Å². The number of halogens is 2. The van der Waals surface area contributed by atoms with Crippen molar-refractivity contribution in [2.45, 2.75) is 6.10 Å². The topological polar surface area (TPSA) is 21.3 Å². The Bertz CT molecular complexity index is 588. The molecule has 2 nitrogen and oxygen atoms in total. The fourth-order valence-electron chi connectivity index (χ4n) is 2.03. The molecule has 18 heavy (non-hydrogen) atoms. The van der Waals surface area contributed by atoms with Gasteiger partial charge in [0.25, 0.3) is 0 Å². The van der Waals surface area contributed by atoms with Crippen LogP contribution >= 0.6 is 27.5 Å². The van der Waals surface area contributed by atoms with Crippen molar-refractivity contribution >= 4 is 33.2 Å². The lowest BCUT2D eigenvalue weighted by atomic mass is 10.1. The normalized spacial score (nSPS) is 17.6. The second-order valence-electron chi connectivity index (χ2n) is 4.18. The van der Waals surface area contributed by atoms with E-state index in [9.17, 15) is 0 Å². The number of benzene rings is 2. The minimum absolute atomic E-state index is 0.00243. The number of rotatable bonds is 1. The molecule has 3 rings (SSSR count). The number of anilines is 1. The first-order chi connectivity index (χ1) is 8.72. The van der Waals surface area contributed by atoms with Crippen LogP contribution in [0.4, 0.5) is 5.69 Å². The molecular formula is C14H11BrClNO. The van der Waals surface area contributed by atoms with Gasteiger partial charge in [-0.1, -0.05) is 39.7 Å². The van der Waals surface area contributed by atoms with Crippen molar-refractivity contribution in [2.24, 2.45) is 0 Å².